The minimum Gasteiger partial charge on any atom is -0.386 e. The second-order valence-corrected chi connectivity index (χ2v) is 13.5. The number of para-hydroxylation sites is 3. The molecule has 0 aliphatic heterocycles. The number of hydrogen-bond acceptors (Lipinski definition) is 5. The molecule has 0 heterocycles. The van der Waals surface area contributed by atoms with Crippen molar-refractivity contribution in [1.29, 1.82) is 0 Å². The molecule has 6 aromatic carbocycles. The quantitative estimate of drug-likeness (QED) is 0.155. The van der Waals surface area contributed by atoms with Crippen LogP contribution < -0.4 is 29.5 Å². The SMILES string of the molecule is O=P(Oc1ccccc1)(Oc1ccccc1)Oc1ccccc1.O=P(c1ccccc1)(c1ccccc1)c1ccccc1. The molecule has 6 aromatic rings. The standard InChI is InChI=1S/C18H15O4P.C18H15OP/c19-23(20-16-10-4-1-5-11-16,21-17-12-6-2-7-13-17)22-18-14-8-3-9-15-18;19-20(16-10-4-1-5-11-16,17-12-6-2-7-13-17)18-14-8-3-9-15-18/h1-15H;1-15H. The number of hydrogen-bond donors (Lipinski definition) is 0. The minimum absolute atomic E-state index is 0.405. The molecule has 0 radical (unpaired) electrons. The van der Waals surface area contributed by atoms with Crippen LogP contribution in [0.3, 0.4) is 0 Å². The highest BCUT2D eigenvalue weighted by Crippen LogP contribution is 2.49. The third-order valence-corrected chi connectivity index (χ3v) is 10.6. The predicted octanol–water partition coefficient (Wildman–Crippen LogP) is 8.66. The summed E-state index contributed by atoms with van der Waals surface area (Å²) < 4.78 is 43.4. The summed E-state index contributed by atoms with van der Waals surface area (Å²) in [6.07, 6.45) is 0. The monoisotopic (exact) mass is 604 g/mol. The molecule has 5 nitrogen and oxygen atoms in total. The molecule has 6 rings (SSSR count). The molecular formula is C36H30O5P2. The van der Waals surface area contributed by atoms with E-state index in [4.69, 9.17) is 13.6 Å². The van der Waals surface area contributed by atoms with Gasteiger partial charge in [-0.05, 0) is 36.4 Å². The fourth-order valence-electron chi connectivity index (χ4n) is 4.25. The number of rotatable bonds is 9. The first kappa shape index (κ1) is 29.7. The van der Waals surface area contributed by atoms with Crippen molar-refractivity contribution in [3.63, 3.8) is 0 Å². The summed E-state index contributed by atoms with van der Waals surface area (Å²) in [4.78, 5) is 0. The summed E-state index contributed by atoms with van der Waals surface area (Å²) in [7, 11) is -6.66. The van der Waals surface area contributed by atoms with Gasteiger partial charge in [0.25, 0.3) is 0 Å². The molecule has 0 saturated heterocycles. The van der Waals surface area contributed by atoms with Crippen molar-refractivity contribution in [2.75, 3.05) is 0 Å². The van der Waals surface area contributed by atoms with Gasteiger partial charge < -0.3 is 18.1 Å². The highest BCUT2D eigenvalue weighted by atomic mass is 31.2. The maximum atomic E-state index is 13.8. The Balaban J connectivity index is 0.000000173. The van der Waals surface area contributed by atoms with Gasteiger partial charge in [0, 0.05) is 15.9 Å². The van der Waals surface area contributed by atoms with Gasteiger partial charge in [-0.2, -0.15) is 4.57 Å². The highest BCUT2D eigenvalue weighted by Gasteiger charge is 2.33. The summed E-state index contributed by atoms with van der Waals surface area (Å²) >= 11 is 0. The first-order valence-corrected chi connectivity index (χ1v) is 16.8. The molecule has 0 bridgehead atoms. The summed E-state index contributed by atoms with van der Waals surface area (Å²) in [5.41, 5.74) is 0. The van der Waals surface area contributed by atoms with Crippen molar-refractivity contribution in [2.45, 2.75) is 0 Å². The van der Waals surface area contributed by atoms with Crippen LogP contribution in [-0.4, -0.2) is 0 Å². The van der Waals surface area contributed by atoms with Crippen LogP contribution in [0, 0.1) is 0 Å². The summed E-state index contributed by atoms with van der Waals surface area (Å²) in [5.74, 6) is 1.22. The van der Waals surface area contributed by atoms with Gasteiger partial charge in [-0.25, -0.2) is 0 Å². The van der Waals surface area contributed by atoms with Crippen molar-refractivity contribution in [1.82, 2.24) is 0 Å². The smallest absolute Gasteiger partial charge is 0.386 e. The van der Waals surface area contributed by atoms with E-state index in [2.05, 4.69) is 0 Å². The molecule has 214 valence electrons. The zero-order valence-electron chi connectivity index (χ0n) is 23.3. The lowest BCUT2D eigenvalue weighted by molar-refractivity contribution is 0.298. The third-order valence-electron chi connectivity index (χ3n) is 6.24. The first-order valence-electron chi connectivity index (χ1n) is 13.7. The van der Waals surface area contributed by atoms with Gasteiger partial charge in [0.1, 0.15) is 17.2 Å². The molecule has 0 fully saturated rings. The Morgan fingerprint density at radius 3 is 0.744 bits per heavy atom. The minimum atomic E-state index is -3.89. The van der Waals surface area contributed by atoms with Crippen LogP contribution in [0.15, 0.2) is 182 Å². The van der Waals surface area contributed by atoms with E-state index < -0.39 is 15.0 Å². The van der Waals surface area contributed by atoms with Gasteiger partial charge >= 0.3 is 7.82 Å². The van der Waals surface area contributed by atoms with Crippen LogP contribution >= 0.6 is 15.0 Å². The topological polar surface area (TPSA) is 61.8 Å². The molecule has 43 heavy (non-hydrogen) atoms. The molecule has 0 atom stereocenters. The maximum absolute atomic E-state index is 13.8. The van der Waals surface area contributed by atoms with Crippen molar-refractivity contribution >= 4 is 30.9 Å². The molecular weight excluding hydrogens is 574 g/mol. The van der Waals surface area contributed by atoms with E-state index in [0.29, 0.717) is 17.2 Å². The van der Waals surface area contributed by atoms with Crippen molar-refractivity contribution < 1.29 is 22.7 Å². The molecule has 0 saturated carbocycles. The lowest BCUT2D eigenvalue weighted by Gasteiger charge is -2.19. The van der Waals surface area contributed by atoms with Gasteiger partial charge in [0.15, 0.2) is 7.14 Å². The van der Waals surface area contributed by atoms with Crippen LogP contribution in [0.2, 0.25) is 0 Å². The Morgan fingerprint density at radius 2 is 0.512 bits per heavy atom. The van der Waals surface area contributed by atoms with Crippen molar-refractivity contribution in [3.8, 4) is 17.2 Å². The Labute approximate surface area is 252 Å². The summed E-state index contributed by atoms with van der Waals surface area (Å²) in [5, 5.41) is 2.62. The Hall–Kier alpha value is -4.82. The van der Waals surface area contributed by atoms with E-state index in [0.717, 1.165) is 15.9 Å². The van der Waals surface area contributed by atoms with Gasteiger partial charge in [-0.1, -0.05) is 146 Å². The Morgan fingerprint density at radius 1 is 0.302 bits per heavy atom. The molecule has 0 amide bonds. The molecule has 0 unspecified atom stereocenters. The Bertz CT molecular complexity index is 1560. The summed E-state index contributed by atoms with van der Waals surface area (Å²) in [6, 6.07) is 55.5. The number of phosphoric acid groups is 1. The zero-order chi connectivity index (χ0) is 29.8. The molecule has 0 N–H and O–H groups in total. The molecule has 0 spiro atoms. The van der Waals surface area contributed by atoms with E-state index in [9.17, 15) is 9.13 Å². The van der Waals surface area contributed by atoms with Crippen LogP contribution in [0.1, 0.15) is 0 Å². The van der Waals surface area contributed by atoms with Crippen molar-refractivity contribution in [2.24, 2.45) is 0 Å². The first-order chi connectivity index (χ1) is 21.1. The molecule has 0 aliphatic rings. The van der Waals surface area contributed by atoms with E-state index in [-0.39, 0.29) is 0 Å². The molecule has 7 heteroatoms. The van der Waals surface area contributed by atoms with E-state index in [1.165, 1.54) is 0 Å². The lowest BCUT2D eigenvalue weighted by atomic mass is 10.3. The largest absolute Gasteiger partial charge is 0.647 e. The van der Waals surface area contributed by atoms with Crippen LogP contribution in [0.4, 0.5) is 0 Å². The van der Waals surface area contributed by atoms with Gasteiger partial charge in [-0.15, -0.1) is 0 Å². The van der Waals surface area contributed by atoms with Gasteiger partial charge in [0.05, 0.1) is 0 Å². The second kappa shape index (κ2) is 14.4. The lowest BCUT2D eigenvalue weighted by Crippen LogP contribution is -2.24. The normalized spacial score (nSPS) is 11.0. The van der Waals surface area contributed by atoms with Crippen LogP contribution in [0.5, 0.6) is 17.2 Å². The van der Waals surface area contributed by atoms with Crippen LogP contribution in [0.25, 0.3) is 0 Å². The van der Waals surface area contributed by atoms with Gasteiger partial charge in [-0.3, -0.25) is 0 Å². The van der Waals surface area contributed by atoms with E-state index >= 15 is 0 Å². The number of phosphoric ester groups is 1. The maximum Gasteiger partial charge on any atom is 0.647 e. The fraction of sp³-hybridized carbons (Fsp3) is 0. The second-order valence-electron chi connectivity index (χ2n) is 9.28. The Kier molecular flexibility index (Phi) is 9.92. The van der Waals surface area contributed by atoms with Crippen molar-refractivity contribution in [3.05, 3.63) is 182 Å². The average Bonchev–Trinajstić information content (AvgIpc) is 3.07. The van der Waals surface area contributed by atoms with Gasteiger partial charge in [0.2, 0.25) is 0 Å². The number of benzene rings is 6. The van der Waals surface area contributed by atoms with E-state index in [1.54, 1.807) is 72.8 Å². The zero-order valence-corrected chi connectivity index (χ0v) is 25.0. The summed E-state index contributed by atoms with van der Waals surface area (Å²) in [6.45, 7) is 0. The average molecular weight is 605 g/mol. The van der Waals surface area contributed by atoms with E-state index in [1.807, 2.05) is 109 Å². The molecule has 0 aliphatic carbocycles. The fourth-order valence-corrected chi connectivity index (χ4v) is 8.17. The molecule has 0 aromatic heterocycles. The van der Waals surface area contributed by atoms with Crippen LogP contribution in [-0.2, 0) is 9.13 Å². The highest BCUT2D eigenvalue weighted by molar-refractivity contribution is 7.85. The third kappa shape index (κ3) is 7.93. The predicted molar refractivity (Wildman–Crippen MR) is 175 cm³/mol.